The van der Waals surface area contributed by atoms with Crippen LogP contribution >= 0.6 is 15.9 Å². The lowest BCUT2D eigenvalue weighted by molar-refractivity contribution is 0.0526. The van der Waals surface area contributed by atoms with Crippen molar-refractivity contribution in [3.8, 4) is 11.5 Å². The van der Waals surface area contributed by atoms with Gasteiger partial charge in [0.25, 0.3) is 0 Å². The summed E-state index contributed by atoms with van der Waals surface area (Å²) in [5.41, 5.74) is 0.754. The normalized spacial score (nSPS) is 10.1. The zero-order valence-corrected chi connectivity index (χ0v) is 15.0. The number of esters is 2. The predicted octanol–water partition coefficient (Wildman–Crippen LogP) is 4.24. The third-order valence-electron chi connectivity index (χ3n) is 3.03. The van der Waals surface area contributed by atoms with Crippen LogP contribution in [0.3, 0.4) is 0 Å². The second-order valence-corrected chi connectivity index (χ2v) is 5.57. The molecule has 0 heterocycles. The third-order valence-corrected chi connectivity index (χ3v) is 3.65. The van der Waals surface area contributed by atoms with Crippen LogP contribution in [0.25, 0.3) is 0 Å². The maximum Gasteiger partial charge on any atom is 0.343 e. The SMILES string of the molecule is CCOC(=O)c1ccc(OC(=O)c2cccc(OCC)c2)c(Br)c1. The molecule has 0 aliphatic carbocycles. The summed E-state index contributed by atoms with van der Waals surface area (Å²) in [4.78, 5) is 23.9. The van der Waals surface area contributed by atoms with Gasteiger partial charge in [0.15, 0.2) is 0 Å². The van der Waals surface area contributed by atoms with Gasteiger partial charge in [-0.2, -0.15) is 0 Å². The monoisotopic (exact) mass is 392 g/mol. The molecule has 0 radical (unpaired) electrons. The highest BCUT2D eigenvalue weighted by Gasteiger charge is 2.14. The maximum atomic E-state index is 12.3. The second-order valence-electron chi connectivity index (χ2n) is 4.72. The number of hydrogen-bond donors (Lipinski definition) is 0. The van der Waals surface area contributed by atoms with Crippen LogP contribution in [0.2, 0.25) is 0 Å². The molecule has 0 bridgehead atoms. The van der Waals surface area contributed by atoms with Crippen LogP contribution in [-0.2, 0) is 4.74 Å². The van der Waals surface area contributed by atoms with Crippen molar-refractivity contribution in [3.05, 3.63) is 58.1 Å². The standard InChI is InChI=1S/C18H17BrO5/c1-3-22-14-7-5-6-12(10-14)18(21)24-16-9-8-13(11-15(16)19)17(20)23-4-2/h5-11H,3-4H2,1-2H3. The largest absolute Gasteiger partial charge is 0.494 e. The van der Waals surface area contributed by atoms with E-state index in [2.05, 4.69) is 15.9 Å². The number of ether oxygens (including phenoxy) is 3. The summed E-state index contributed by atoms with van der Waals surface area (Å²) < 4.78 is 16.1. The summed E-state index contributed by atoms with van der Waals surface area (Å²) in [5.74, 6) is -0.0276. The van der Waals surface area contributed by atoms with Gasteiger partial charge >= 0.3 is 11.9 Å². The van der Waals surface area contributed by atoms with E-state index in [1.54, 1.807) is 49.4 Å². The summed E-state index contributed by atoms with van der Waals surface area (Å²) in [6, 6.07) is 11.4. The van der Waals surface area contributed by atoms with Crippen LogP contribution in [0.5, 0.6) is 11.5 Å². The zero-order chi connectivity index (χ0) is 17.5. The van der Waals surface area contributed by atoms with Gasteiger partial charge in [0.1, 0.15) is 11.5 Å². The van der Waals surface area contributed by atoms with Gasteiger partial charge in [0.05, 0.1) is 28.8 Å². The lowest BCUT2D eigenvalue weighted by atomic mass is 10.2. The molecule has 0 saturated heterocycles. The quantitative estimate of drug-likeness (QED) is 0.543. The van der Waals surface area contributed by atoms with Gasteiger partial charge in [-0.3, -0.25) is 0 Å². The molecule has 0 aliphatic heterocycles. The number of hydrogen-bond acceptors (Lipinski definition) is 5. The van der Waals surface area contributed by atoms with Gasteiger partial charge < -0.3 is 14.2 Å². The van der Waals surface area contributed by atoms with Crippen molar-refractivity contribution in [2.24, 2.45) is 0 Å². The Bertz CT molecular complexity index is 742. The molecule has 0 unspecified atom stereocenters. The Labute approximate surface area is 148 Å². The highest BCUT2D eigenvalue weighted by molar-refractivity contribution is 9.10. The maximum absolute atomic E-state index is 12.3. The average molecular weight is 393 g/mol. The van der Waals surface area contributed by atoms with Crippen LogP contribution < -0.4 is 9.47 Å². The van der Waals surface area contributed by atoms with Gasteiger partial charge in [-0.15, -0.1) is 0 Å². The number of halogens is 1. The summed E-state index contributed by atoms with van der Waals surface area (Å²) in [6.45, 7) is 4.41. The number of rotatable bonds is 6. The Morgan fingerprint density at radius 3 is 2.38 bits per heavy atom. The fourth-order valence-corrected chi connectivity index (χ4v) is 2.42. The molecule has 0 aliphatic rings. The molecule has 6 heteroatoms. The molecule has 2 aromatic rings. The first-order chi connectivity index (χ1) is 11.5. The smallest absolute Gasteiger partial charge is 0.343 e. The molecular weight excluding hydrogens is 376 g/mol. The minimum absolute atomic E-state index is 0.295. The first kappa shape index (κ1) is 18.0. The molecule has 24 heavy (non-hydrogen) atoms. The van der Waals surface area contributed by atoms with Gasteiger partial charge in [-0.05, 0) is 66.2 Å². The molecule has 2 rings (SSSR count). The molecule has 0 aromatic heterocycles. The van der Waals surface area contributed by atoms with Crippen molar-refractivity contribution in [2.45, 2.75) is 13.8 Å². The third kappa shape index (κ3) is 4.58. The van der Waals surface area contributed by atoms with E-state index in [-0.39, 0.29) is 0 Å². The molecule has 0 saturated carbocycles. The number of carbonyl (C=O) groups excluding carboxylic acids is 2. The Morgan fingerprint density at radius 1 is 0.958 bits per heavy atom. The summed E-state index contributed by atoms with van der Waals surface area (Å²) >= 11 is 3.30. The van der Waals surface area contributed by atoms with E-state index in [9.17, 15) is 9.59 Å². The molecule has 0 spiro atoms. The van der Waals surface area contributed by atoms with E-state index in [0.717, 1.165) is 0 Å². The highest BCUT2D eigenvalue weighted by atomic mass is 79.9. The van der Waals surface area contributed by atoms with Crippen LogP contribution in [0.1, 0.15) is 34.6 Å². The number of benzene rings is 2. The van der Waals surface area contributed by atoms with Crippen molar-refractivity contribution < 1.29 is 23.8 Å². The topological polar surface area (TPSA) is 61.8 Å². The fourth-order valence-electron chi connectivity index (χ4n) is 1.96. The minimum Gasteiger partial charge on any atom is -0.494 e. The van der Waals surface area contributed by atoms with E-state index in [1.165, 1.54) is 0 Å². The van der Waals surface area contributed by atoms with Crippen LogP contribution in [0.4, 0.5) is 0 Å². The van der Waals surface area contributed by atoms with E-state index in [4.69, 9.17) is 14.2 Å². The average Bonchev–Trinajstić information content (AvgIpc) is 2.57. The highest BCUT2D eigenvalue weighted by Crippen LogP contribution is 2.27. The van der Waals surface area contributed by atoms with E-state index < -0.39 is 11.9 Å². The van der Waals surface area contributed by atoms with Gasteiger partial charge in [0, 0.05) is 0 Å². The summed E-state index contributed by atoms with van der Waals surface area (Å²) in [5, 5.41) is 0. The molecule has 0 fully saturated rings. The Kier molecular flexibility index (Phi) is 6.37. The Hall–Kier alpha value is -2.34. The van der Waals surface area contributed by atoms with E-state index in [1.807, 2.05) is 6.92 Å². The fraction of sp³-hybridized carbons (Fsp3) is 0.222. The van der Waals surface area contributed by atoms with E-state index >= 15 is 0 Å². The van der Waals surface area contributed by atoms with Crippen LogP contribution in [0.15, 0.2) is 46.9 Å². The van der Waals surface area contributed by atoms with Crippen LogP contribution in [0, 0.1) is 0 Å². The Balaban J connectivity index is 2.14. The number of carbonyl (C=O) groups is 2. The Morgan fingerprint density at radius 2 is 1.71 bits per heavy atom. The van der Waals surface area contributed by atoms with Gasteiger partial charge in [-0.25, -0.2) is 9.59 Å². The van der Waals surface area contributed by atoms with Crippen molar-refractivity contribution in [2.75, 3.05) is 13.2 Å². The first-order valence-electron chi connectivity index (χ1n) is 7.46. The van der Waals surface area contributed by atoms with Crippen molar-refractivity contribution in [1.29, 1.82) is 0 Å². The lowest BCUT2D eigenvalue weighted by Crippen LogP contribution is -2.10. The van der Waals surface area contributed by atoms with Crippen molar-refractivity contribution in [1.82, 2.24) is 0 Å². The molecular formula is C18H17BrO5. The second kappa shape index (κ2) is 8.49. The van der Waals surface area contributed by atoms with Crippen LogP contribution in [-0.4, -0.2) is 25.2 Å². The lowest BCUT2D eigenvalue weighted by Gasteiger charge is -2.09. The van der Waals surface area contributed by atoms with Crippen molar-refractivity contribution in [3.63, 3.8) is 0 Å². The molecule has 0 N–H and O–H groups in total. The molecule has 0 atom stereocenters. The summed E-state index contributed by atoms with van der Waals surface area (Å²) in [6.07, 6.45) is 0. The molecule has 5 nitrogen and oxygen atoms in total. The van der Waals surface area contributed by atoms with Crippen molar-refractivity contribution >= 4 is 27.9 Å². The van der Waals surface area contributed by atoms with Gasteiger partial charge in [-0.1, -0.05) is 6.07 Å². The minimum atomic E-state index is -0.513. The molecule has 0 amide bonds. The summed E-state index contributed by atoms with van der Waals surface area (Å²) in [7, 11) is 0. The first-order valence-corrected chi connectivity index (χ1v) is 8.26. The molecule has 126 valence electrons. The molecule has 2 aromatic carbocycles. The van der Waals surface area contributed by atoms with Gasteiger partial charge in [0.2, 0.25) is 0 Å². The van der Waals surface area contributed by atoms with E-state index in [0.29, 0.717) is 40.3 Å². The zero-order valence-electron chi connectivity index (χ0n) is 13.4. The predicted molar refractivity (Wildman–Crippen MR) is 92.7 cm³/mol.